The second-order valence-corrected chi connectivity index (χ2v) is 3.22. The van der Waals surface area contributed by atoms with Crippen molar-refractivity contribution in [3.8, 4) is 0 Å². The molecule has 0 aromatic carbocycles. The average molecular weight is 165 g/mol. The highest BCUT2D eigenvalue weighted by Crippen LogP contribution is 2.25. The predicted molar refractivity (Wildman–Crippen MR) is 45.1 cm³/mol. The normalized spacial score (nSPS) is 28.7. The fourth-order valence-corrected chi connectivity index (χ4v) is 1.59. The third-order valence-corrected chi connectivity index (χ3v) is 2.30. The van der Waals surface area contributed by atoms with Gasteiger partial charge in [-0.3, -0.25) is 0 Å². The lowest BCUT2D eigenvalue weighted by Crippen LogP contribution is -2.16. The molecular formula is C10H13O2. The number of rotatable bonds is 1. The molecule has 2 aliphatic heterocycles. The molecular weight excluding hydrogens is 152 g/mol. The van der Waals surface area contributed by atoms with Crippen LogP contribution in [-0.4, -0.2) is 13.2 Å². The molecule has 0 bridgehead atoms. The molecule has 1 atom stereocenters. The minimum atomic E-state index is 0.510. The van der Waals surface area contributed by atoms with E-state index in [4.69, 9.17) is 9.47 Å². The lowest BCUT2D eigenvalue weighted by Gasteiger charge is -2.23. The molecule has 0 amide bonds. The Hall–Kier alpha value is -0.920. The van der Waals surface area contributed by atoms with Gasteiger partial charge < -0.3 is 9.47 Å². The summed E-state index contributed by atoms with van der Waals surface area (Å²) in [6, 6.07) is 0. The zero-order valence-corrected chi connectivity index (χ0v) is 7.08. The monoisotopic (exact) mass is 165 g/mol. The van der Waals surface area contributed by atoms with Crippen LogP contribution in [0.5, 0.6) is 0 Å². The van der Waals surface area contributed by atoms with E-state index in [2.05, 4.69) is 12.3 Å². The second kappa shape index (κ2) is 3.65. The number of allylic oxidation sites excluding steroid dienone is 1. The summed E-state index contributed by atoms with van der Waals surface area (Å²) in [5.74, 6) is 0.510. The Morgan fingerprint density at radius 2 is 2.50 bits per heavy atom. The Morgan fingerprint density at radius 3 is 3.17 bits per heavy atom. The van der Waals surface area contributed by atoms with Gasteiger partial charge in [-0.15, -0.1) is 0 Å². The van der Waals surface area contributed by atoms with Crippen LogP contribution in [0.4, 0.5) is 0 Å². The molecule has 1 radical (unpaired) electrons. The maximum atomic E-state index is 5.24. The predicted octanol–water partition coefficient (Wildman–Crippen LogP) is 2.03. The molecule has 12 heavy (non-hydrogen) atoms. The van der Waals surface area contributed by atoms with Gasteiger partial charge in [-0.25, -0.2) is 0 Å². The number of hydrogen-bond donors (Lipinski definition) is 0. The van der Waals surface area contributed by atoms with Gasteiger partial charge in [0.2, 0.25) is 0 Å². The van der Waals surface area contributed by atoms with E-state index in [1.54, 1.807) is 6.26 Å². The Labute approximate surface area is 72.9 Å². The molecule has 0 aliphatic carbocycles. The van der Waals surface area contributed by atoms with Crippen LogP contribution < -0.4 is 0 Å². The van der Waals surface area contributed by atoms with Crippen molar-refractivity contribution in [1.29, 1.82) is 0 Å². The van der Waals surface area contributed by atoms with Crippen LogP contribution in [0.1, 0.15) is 19.3 Å². The van der Waals surface area contributed by atoms with Crippen molar-refractivity contribution in [3.63, 3.8) is 0 Å². The summed E-state index contributed by atoms with van der Waals surface area (Å²) >= 11 is 0. The third kappa shape index (κ3) is 1.63. The zero-order valence-electron chi connectivity index (χ0n) is 7.08. The summed E-state index contributed by atoms with van der Waals surface area (Å²) in [6.45, 7) is 1.62. The summed E-state index contributed by atoms with van der Waals surface area (Å²) < 4.78 is 10.4. The molecule has 0 N–H and O–H groups in total. The fraction of sp³-hybridized carbons (Fsp3) is 0.600. The van der Waals surface area contributed by atoms with Gasteiger partial charge in [0.25, 0.3) is 0 Å². The summed E-state index contributed by atoms with van der Waals surface area (Å²) in [4.78, 5) is 0. The fourth-order valence-electron chi connectivity index (χ4n) is 1.59. The van der Waals surface area contributed by atoms with E-state index in [1.807, 2.05) is 0 Å². The van der Waals surface area contributed by atoms with Crippen molar-refractivity contribution in [3.05, 3.63) is 24.2 Å². The highest BCUT2D eigenvalue weighted by atomic mass is 16.5. The van der Waals surface area contributed by atoms with Crippen LogP contribution in [0, 0.1) is 12.2 Å². The highest BCUT2D eigenvalue weighted by Gasteiger charge is 2.18. The molecule has 0 aromatic rings. The first kappa shape index (κ1) is 7.71. The van der Waals surface area contributed by atoms with Gasteiger partial charge in [0, 0.05) is 5.92 Å². The van der Waals surface area contributed by atoms with Crippen LogP contribution in [-0.2, 0) is 9.47 Å². The quantitative estimate of drug-likeness (QED) is 0.592. The van der Waals surface area contributed by atoms with Gasteiger partial charge in [-0.1, -0.05) is 0 Å². The van der Waals surface area contributed by atoms with Crippen LogP contribution in [0.15, 0.2) is 17.9 Å². The van der Waals surface area contributed by atoms with Gasteiger partial charge in [0.05, 0.1) is 19.5 Å². The third-order valence-electron chi connectivity index (χ3n) is 2.30. The molecule has 0 saturated heterocycles. The highest BCUT2D eigenvalue weighted by molar-refractivity contribution is 5.06. The molecule has 2 aliphatic rings. The van der Waals surface area contributed by atoms with Crippen molar-refractivity contribution in [1.82, 2.24) is 0 Å². The van der Waals surface area contributed by atoms with Crippen molar-refractivity contribution >= 4 is 0 Å². The zero-order chi connectivity index (χ0) is 8.23. The lowest BCUT2D eigenvalue weighted by atomic mass is 9.92. The SMILES string of the molecule is [C]1=C(C2CC=COC2)CCCO1. The second-order valence-electron chi connectivity index (χ2n) is 3.22. The number of hydrogen-bond acceptors (Lipinski definition) is 2. The molecule has 65 valence electrons. The molecule has 2 heteroatoms. The van der Waals surface area contributed by atoms with Crippen molar-refractivity contribution in [2.45, 2.75) is 19.3 Å². The molecule has 0 saturated carbocycles. The van der Waals surface area contributed by atoms with E-state index in [-0.39, 0.29) is 0 Å². The standard InChI is InChI=1S/C10H13O2/c1-3-9(7-11-5-1)10-4-2-6-12-8-10/h1,5,9H,2-4,6-7H2. The summed E-state index contributed by atoms with van der Waals surface area (Å²) in [5, 5.41) is 0. The van der Waals surface area contributed by atoms with Crippen molar-refractivity contribution < 1.29 is 9.47 Å². The Morgan fingerprint density at radius 1 is 1.50 bits per heavy atom. The largest absolute Gasteiger partial charge is 0.501 e. The molecule has 0 fully saturated rings. The number of ether oxygens (including phenoxy) is 2. The smallest absolute Gasteiger partial charge is 0.160 e. The maximum Gasteiger partial charge on any atom is 0.160 e. The molecule has 0 aromatic heterocycles. The van der Waals surface area contributed by atoms with Gasteiger partial charge in [-0.05, 0) is 30.9 Å². The van der Waals surface area contributed by atoms with Crippen LogP contribution >= 0.6 is 0 Å². The summed E-state index contributed by atoms with van der Waals surface area (Å²) in [5.41, 5.74) is 1.30. The van der Waals surface area contributed by atoms with Gasteiger partial charge in [0.1, 0.15) is 0 Å². The van der Waals surface area contributed by atoms with Crippen LogP contribution in [0.25, 0.3) is 0 Å². The van der Waals surface area contributed by atoms with Crippen molar-refractivity contribution in [2.24, 2.45) is 5.92 Å². The molecule has 2 heterocycles. The Balaban J connectivity index is 1.98. The van der Waals surface area contributed by atoms with E-state index >= 15 is 0 Å². The van der Waals surface area contributed by atoms with E-state index < -0.39 is 0 Å². The van der Waals surface area contributed by atoms with E-state index in [0.717, 1.165) is 32.5 Å². The molecule has 0 spiro atoms. The topological polar surface area (TPSA) is 18.5 Å². The maximum absolute atomic E-state index is 5.24. The minimum absolute atomic E-state index is 0.510. The Kier molecular flexibility index (Phi) is 2.35. The van der Waals surface area contributed by atoms with E-state index in [9.17, 15) is 0 Å². The van der Waals surface area contributed by atoms with Gasteiger partial charge in [-0.2, -0.15) is 0 Å². The first-order valence-corrected chi connectivity index (χ1v) is 4.47. The first-order chi connectivity index (χ1) is 5.97. The summed E-state index contributed by atoms with van der Waals surface area (Å²) in [6.07, 6.45) is 10.2. The molecule has 2 nitrogen and oxygen atoms in total. The van der Waals surface area contributed by atoms with Crippen LogP contribution in [0.3, 0.4) is 0 Å². The molecule has 1 unspecified atom stereocenters. The van der Waals surface area contributed by atoms with Crippen LogP contribution in [0.2, 0.25) is 0 Å². The molecule has 2 rings (SSSR count). The van der Waals surface area contributed by atoms with Crippen molar-refractivity contribution in [2.75, 3.05) is 13.2 Å². The average Bonchev–Trinajstić information content (AvgIpc) is 2.21. The van der Waals surface area contributed by atoms with Gasteiger partial charge >= 0.3 is 0 Å². The van der Waals surface area contributed by atoms with E-state index in [0.29, 0.717) is 5.92 Å². The lowest BCUT2D eigenvalue weighted by molar-refractivity contribution is 0.163. The van der Waals surface area contributed by atoms with E-state index in [1.165, 1.54) is 5.57 Å². The minimum Gasteiger partial charge on any atom is -0.501 e. The van der Waals surface area contributed by atoms with Gasteiger partial charge in [0.15, 0.2) is 6.26 Å². The Bertz CT molecular complexity index is 206. The first-order valence-electron chi connectivity index (χ1n) is 4.47. The summed E-state index contributed by atoms with van der Waals surface area (Å²) in [7, 11) is 0.